The van der Waals surface area contributed by atoms with E-state index in [2.05, 4.69) is 19.1 Å². The lowest BCUT2D eigenvalue weighted by Crippen LogP contribution is -2.33. The summed E-state index contributed by atoms with van der Waals surface area (Å²) in [5.41, 5.74) is 1.13. The summed E-state index contributed by atoms with van der Waals surface area (Å²) in [7, 11) is 0. The molecule has 1 aliphatic heterocycles. The summed E-state index contributed by atoms with van der Waals surface area (Å²) in [6.45, 7) is 3.33. The third kappa shape index (κ3) is 6.84. The summed E-state index contributed by atoms with van der Waals surface area (Å²) in [4.78, 5) is 12.1. The zero-order valence-electron chi connectivity index (χ0n) is 14.3. The number of ketones is 1. The second-order valence-electron chi connectivity index (χ2n) is 6.46. The Hall–Kier alpha value is -1.19. The minimum Gasteiger partial charge on any atom is -0.376 e. The standard InChI is InChI=1S/C20H30O3/c1-2-3-4-5-6-10-13-18(21)14-19-15-22-16-20(23-19)17-11-8-7-9-12-17/h7-9,11-12,19-20H,2-6,10,13-16H2,1H3. The Morgan fingerprint density at radius 1 is 1.04 bits per heavy atom. The van der Waals surface area contributed by atoms with Crippen LogP contribution in [0.4, 0.5) is 0 Å². The third-order valence-corrected chi connectivity index (χ3v) is 4.37. The molecule has 3 nitrogen and oxygen atoms in total. The Morgan fingerprint density at radius 3 is 2.57 bits per heavy atom. The van der Waals surface area contributed by atoms with Gasteiger partial charge >= 0.3 is 0 Å². The topological polar surface area (TPSA) is 35.5 Å². The fourth-order valence-electron chi connectivity index (χ4n) is 3.03. The maximum Gasteiger partial charge on any atom is 0.135 e. The van der Waals surface area contributed by atoms with Crippen molar-refractivity contribution in [2.75, 3.05) is 13.2 Å². The summed E-state index contributed by atoms with van der Waals surface area (Å²) < 4.78 is 11.7. The average molecular weight is 318 g/mol. The highest BCUT2D eigenvalue weighted by Crippen LogP contribution is 2.25. The zero-order valence-corrected chi connectivity index (χ0v) is 14.3. The molecular formula is C20H30O3. The van der Waals surface area contributed by atoms with Crippen LogP contribution in [0.25, 0.3) is 0 Å². The fraction of sp³-hybridized carbons (Fsp3) is 0.650. The predicted molar refractivity (Wildman–Crippen MR) is 92.5 cm³/mol. The molecule has 2 unspecified atom stereocenters. The predicted octanol–water partition coefficient (Wildman–Crippen LogP) is 4.85. The van der Waals surface area contributed by atoms with Crippen molar-refractivity contribution in [1.82, 2.24) is 0 Å². The lowest BCUT2D eigenvalue weighted by Gasteiger charge is -2.30. The number of hydrogen-bond donors (Lipinski definition) is 0. The number of carbonyl (C=O) groups excluding carboxylic acids is 1. The molecule has 0 N–H and O–H groups in total. The van der Waals surface area contributed by atoms with Gasteiger partial charge in [0.05, 0.1) is 19.3 Å². The Balaban J connectivity index is 1.65. The van der Waals surface area contributed by atoms with Crippen LogP contribution in [0.1, 0.15) is 70.0 Å². The minimum atomic E-state index is -0.0958. The van der Waals surface area contributed by atoms with Crippen molar-refractivity contribution in [3.8, 4) is 0 Å². The zero-order chi connectivity index (χ0) is 16.3. The first-order valence-electron chi connectivity index (χ1n) is 9.09. The van der Waals surface area contributed by atoms with Crippen molar-refractivity contribution in [2.45, 2.75) is 70.5 Å². The van der Waals surface area contributed by atoms with E-state index in [1.807, 2.05) is 18.2 Å². The third-order valence-electron chi connectivity index (χ3n) is 4.37. The highest BCUT2D eigenvalue weighted by Gasteiger charge is 2.25. The van der Waals surface area contributed by atoms with Crippen molar-refractivity contribution < 1.29 is 14.3 Å². The van der Waals surface area contributed by atoms with E-state index < -0.39 is 0 Å². The Morgan fingerprint density at radius 2 is 1.78 bits per heavy atom. The SMILES string of the molecule is CCCCCCCCC(=O)CC1COCC(c2ccccc2)O1. The van der Waals surface area contributed by atoms with Crippen LogP contribution in [0, 0.1) is 0 Å². The largest absolute Gasteiger partial charge is 0.376 e. The van der Waals surface area contributed by atoms with Gasteiger partial charge in [0.1, 0.15) is 11.9 Å². The molecule has 2 atom stereocenters. The average Bonchev–Trinajstić information content (AvgIpc) is 2.59. The lowest BCUT2D eigenvalue weighted by molar-refractivity contribution is -0.150. The smallest absolute Gasteiger partial charge is 0.135 e. The van der Waals surface area contributed by atoms with Crippen LogP contribution < -0.4 is 0 Å². The molecule has 1 heterocycles. The van der Waals surface area contributed by atoms with Crippen molar-refractivity contribution >= 4 is 5.78 Å². The summed E-state index contributed by atoms with van der Waals surface area (Å²) in [6.07, 6.45) is 8.32. The van der Waals surface area contributed by atoms with Gasteiger partial charge in [-0.3, -0.25) is 4.79 Å². The van der Waals surface area contributed by atoms with E-state index in [0.717, 1.165) is 12.0 Å². The summed E-state index contributed by atoms with van der Waals surface area (Å²) in [6, 6.07) is 10.1. The quantitative estimate of drug-likeness (QED) is 0.578. The number of Topliss-reactive ketones (excluding diaryl/α,β-unsaturated/α-hetero) is 1. The Labute approximate surface area is 140 Å². The van der Waals surface area contributed by atoms with Crippen molar-refractivity contribution in [3.63, 3.8) is 0 Å². The summed E-state index contributed by atoms with van der Waals surface area (Å²) >= 11 is 0. The minimum absolute atomic E-state index is 0.0446. The number of ether oxygens (including phenoxy) is 2. The molecule has 0 amide bonds. The van der Waals surface area contributed by atoms with E-state index in [1.54, 1.807) is 0 Å². The normalized spacial score (nSPS) is 21.3. The molecule has 1 aliphatic rings. The molecule has 0 bridgehead atoms. The van der Waals surface area contributed by atoms with E-state index in [1.165, 1.54) is 32.1 Å². The molecule has 128 valence electrons. The van der Waals surface area contributed by atoms with E-state index >= 15 is 0 Å². The molecule has 1 saturated heterocycles. The fourth-order valence-corrected chi connectivity index (χ4v) is 3.03. The second kappa shape index (κ2) is 10.6. The van der Waals surface area contributed by atoms with Crippen LogP contribution in [0.5, 0.6) is 0 Å². The molecule has 0 radical (unpaired) electrons. The second-order valence-corrected chi connectivity index (χ2v) is 6.46. The van der Waals surface area contributed by atoms with Gasteiger partial charge in [-0.25, -0.2) is 0 Å². The number of unbranched alkanes of at least 4 members (excludes halogenated alkanes) is 5. The first kappa shape index (κ1) is 18.2. The van der Waals surface area contributed by atoms with Gasteiger partial charge in [0.25, 0.3) is 0 Å². The van der Waals surface area contributed by atoms with Crippen LogP contribution in [-0.2, 0) is 14.3 Å². The van der Waals surface area contributed by atoms with Crippen molar-refractivity contribution in [1.29, 1.82) is 0 Å². The molecule has 0 aromatic heterocycles. The van der Waals surface area contributed by atoms with E-state index in [9.17, 15) is 4.79 Å². The number of rotatable bonds is 10. The van der Waals surface area contributed by atoms with Crippen LogP contribution in [-0.4, -0.2) is 25.1 Å². The van der Waals surface area contributed by atoms with Gasteiger partial charge in [0, 0.05) is 12.8 Å². The molecule has 1 fully saturated rings. The molecule has 0 spiro atoms. The van der Waals surface area contributed by atoms with Gasteiger partial charge < -0.3 is 9.47 Å². The molecule has 23 heavy (non-hydrogen) atoms. The van der Waals surface area contributed by atoms with Gasteiger partial charge in [-0.15, -0.1) is 0 Å². The number of carbonyl (C=O) groups is 1. The van der Waals surface area contributed by atoms with Crippen LogP contribution in [0.2, 0.25) is 0 Å². The molecule has 0 aliphatic carbocycles. The van der Waals surface area contributed by atoms with Crippen LogP contribution in [0.15, 0.2) is 30.3 Å². The first-order valence-corrected chi connectivity index (χ1v) is 9.09. The lowest BCUT2D eigenvalue weighted by atomic mass is 10.0. The molecule has 1 aromatic rings. The molecular weight excluding hydrogens is 288 g/mol. The molecule has 0 saturated carbocycles. The maximum atomic E-state index is 12.1. The summed E-state index contributed by atoms with van der Waals surface area (Å²) in [5.74, 6) is 0.308. The molecule has 2 rings (SSSR count). The van der Waals surface area contributed by atoms with Gasteiger partial charge in [-0.2, -0.15) is 0 Å². The Kier molecular flexibility index (Phi) is 8.33. The van der Waals surface area contributed by atoms with E-state index in [4.69, 9.17) is 9.47 Å². The number of hydrogen-bond acceptors (Lipinski definition) is 3. The highest BCUT2D eigenvalue weighted by molar-refractivity contribution is 5.78. The molecule has 1 aromatic carbocycles. The highest BCUT2D eigenvalue weighted by atomic mass is 16.6. The summed E-state index contributed by atoms with van der Waals surface area (Å²) in [5, 5.41) is 0. The van der Waals surface area contributed by atoms with E-state index in [0.29, 0.717) is 31.8 Å². The van der Waals surface area contributed by atoms with Crippen LogP contribution >= 0.6 is 0 Å². The number of benzene rings is 1. The van der Waals surface area contributed by atoms with Crippen molar-refractivity contribution in [2.24, 2.45) is 0 Å². The van der Waals surface area contributed by atoms with Crippen LogP contribution in [0.3, 0.4) is 0 Å². The first-order chi connectivity index (χ1) is 11.3. The van der Waals surface area contributed by atoms with Gasteiger partial charge in [0.2, 0.25) is 0 Å². The molecule has 3 heteroatoms. The van der Waals surface area contributed by atoms with Gasteiger partial charge in [-0.05, 0) is 12.0 Å². The monoisotopic (exact) mass is 318 g/mol. The van der Waals surface area contributed by atoms with Crippen molar-refractivity contribution in [3.05, 3.63) is 35.9 Å². The van der Waals surface area contributed by atoms with E-state index in [-0.39, 0.29) is 12.2 Å². The van der Waals surface area contributed by atoms with Gasteiger partial charge in [-0.1, -0.05) is 69.4 Å². The van der Waals surface area contributed by atoms with Gasteiger partial charge in [0.15, 0.2) is 0 Å². The Bertz CT molecular complexity index is 443. The maximum absolute atomic E-state index is 12.1.